The van der Waals surface area contributed by atoms with Crippen LogP contribution in [0.1, 0.15) is 18.5 Å². The first kappa shape index (κ1) is 13.5. The maximum absolute atomic E-state index is 13.2. The lowest BCUT2D eigenvalue weighted by atomic mass is 9.96. The fraction of sp³-hybridized carbons (Fsp3) is 0.154. The van der Waals surface area contributed by atoms with Crippen LogP contribution in [0.2, 0.25) is 0 Å². The van der Waals surface area contributed by atoms with Crippen molar-refractivity contribution in [2.75, 3.05) is 0 Å². The number of imide groups is 1. The SMILES string of the molecule is CC1=C(C#N)C(c2cccc(F)c2)NC(=O)N1C(=O)O. The van der Waals surface area contributed by atoms with Crippen molar-refractivity contribution in [3.05, 3.63) is 46.9 Å². The summed E-state index contributed by atoms with van der Waals surface area (Å²) in [6, 6.07) is 5.55. The van der Waals surface area contributed by atoms with Crippen molar-refractivity contribution in [3.63, 3.8) is 0 Å². The Bertz CT molecular complexity index is 663. The van der Waals surface area contributed by atoms with Gasteiger partial charge in [-0.15, -0.1) is 0 Å². The molecule has 102 valence electrons. The van der Waals surface area contributed by atoms with E-state index in [9.17, 15) is 19.2 Å². The normalized spacial score (nSPS) is 18.6. The van der Waals surface area contributed by atoms with Crippen molar-refractivity contribution >= 4 is 12.1 Å². The first-order chi connectivity index (χ1) is 9.45. The van der Waals surface area contributed by atoms with Crippen molar-refractivity contribution in [1.29, 1.82) is 5.26 Å². The lowest BCUT2D eigenvalue weighted by Crippen LogP contribution is -2.48. The zero-order valence-electron chi connectivity index (χ0n) is 10.4. The van der Waals surface area contributed by atoms with E-state index in [0.29, 0.717) is 10.5 Å². The zero-order chi connectivity index (χ0) is 14.9. The number of carbonyl (C=O) groups is 2. The van der Waals surface area contributed by atoms with Crippen LogP contribution in [0.15, 0.2) is 35.5 Å². The molecule has 1 heterocycles. The summed E-state index contributed by atoms with van der Waals surface area (Å²) >= 11 is 0. The third-order valence-electron chi connectivity index (χ3n) is 2.98. The summed E-state index contributed by atoms with van der Waals surface area (Å²) in [5.74, 6) is -0.507. The van der Waals surface area contributed by atoms with Gasteiger partial charge in [0.25, 0.3) is 0 Å². The highest BCUT2D eigenvalue weighted by Gasteiger charge is 2.35. The molecule has 1 unspecified atom stereocenters. The first-order valence-corrected chi connectivity index (χ1v) is 5.65. The number of hydrogen-bond donors (Lipinski definition) is 2. The summed E-state index contributed by atoms with van der Waals surface area (Å²) < 4.78 is 13.2. The van der Waals surface area contributed by atoms with Crippen LogP contribution in [0, 0.1) is 17.1 Å². The van der Waals surface area contributed by atoms with Crippen molar-refractivity contribution in [3.8, 4) is 6.07 Å². The van der Waals surface area contributed by atoms with E-state index in [0.717, 1.165) is 0 Å². The molecule has 7 heteroatoms. The van der Waals surface area contributed by atoms with Crippen molar-refractivity contribution in [1.82, 2.24) is 10.2 Å². The van der Waals surface area contributed by atoms with E-state index in [1.165, 1.54) is 25.1 Å². The van der Waals surface area contributed by atoms with Crippen molar-refractivity contribution < 1.29 is 19.1 Å². The minimum atomic E-state index is -1.48. The number of nitrogens with one attached hydrogen (secondary N) is 1. The number of carboxylic acid groups (broad SMARTS) is 1. The number of urea groups is 1. The molecule has 0 saturated carbocycles. The molecule has 0 aromatic heterocycles. The van der Waals surface area contributed by atoms with Gasteiger partial charge in [-0.1, -0.05) is 12.1 Å². The molecule has 0 spiro atoms. The van der Waals surface area contributed by atoms with E-state index in [2.05, 4.69) is 5.32 Å². The molecular weight excluding hydrogens is 265 g/mol. The number of halogens is 1. The molecule has 1 aliphatic rings. The molecule has 0 fully saturated rings. The van der Waals surface area contributed by atoms with Gasteiger partial charge in [-0.25, -0.2) is 18.9 Å². The van der Waals surface area contributed by atoms with E-state index in [1.807, 2.05) is 6.07 Å². The fourth-order valence-corrected chi connectivity index (χ4v) is 2.05. The first-order valence-electron chi connectivity index (χ1n) is 5.65. The molecule has 1 aromatic carbocycles. The summed E-state index contributed by atoms with van der Waals surface area (Å²) in [7, 11) is 0. The molecule has 0 radical (unpaired) electrons. The number of allylic oxidation sites excluding steroid dienone is 1. The van der Waals surface area contributed by atoms with Gasteiger partial charge in [0.1, 0.15) is 5.82 Å². The van der Waals surface area contributed by atoms with E-state index in [4.69, 9.17) is 5.11 Å². The van der Waals surface area contributed by atoms with Gasteiger partial charge >= 0.3 is 12.1 Å². The Morgan fingerprint density at radius 1 is 1.55 bits per heavy atom. The highest BCUT2D eigenvalue weighted by atomic mass is 19.1. The summed E-state index contributed by atoms with van der Waals surface area (Å²) in [5, 5.41) is 20.5. The molecule has 0 bridgehead atoms. The second-order valence-electron chi connectivity index (χ2n) is 4.17. The number of nitrogens with zero attached hydrogens (tertiary/aromatic N) is 2. The lowest BCUT2D eigenvalue weighted by Gasteiger charge is -2.30. The number of benzene rings is 1. The van der Waals surface area contributed by atoms with Gasteiger partial charge in [0.15, 0.2) is 0 Å². The minimum Gasteiger partial charge on any atom is -0.464 e. The molecule has 1 aromatic rings. The van der Waals surface area contributed by atoms with Gasteiger partial charge in [-0.2, -0.15) is 5.26 Å². The second-order valence-corrected chi connectivity index (χ2v) is 4.17. The van der Waals surface area contributed by atoms with Crippen LogP contribution in [-0.2, 0) is 0 Å². The van der Waals surface area contributed by atoms with Crippen LogP contribution in [-0.4, -0.2) is 22.1 Å². The predicted molar refractivity (Wildman–Crippen MR) is 65.8 cm³/mol. The lowest BCUT2D eigenvalue weighted by molar-refractivity contribution is 0.154. The standard InChI is InChI=1S/C13H10FN3O3/c1-7-10(6-15)11(8-3-2-4-9(14)5-8)16-12(18)17(7)13(19)20/h2-5,11H,1H3,(H,16,18)(H,19,20). The third kappa shape index (κ3) is 2.19. The van der Waals surface area contributed by atoms with Gasteiger partial charge < -0.3 is 10.4 Å². The van der Waals surface area contributed by atoms with E-state index >= 15 is 0 Å². The number of carbonyl (C=O) groups excluding carboxylic acids is 1. The molecule has 2 rings (SSSR count). The Morgan fingerprint density at radius 3 is 2.80 bits per heavy atom. The largest absolute Gasteiger partial charge is 0.464 e. The topological polar surface area (TPSA) is 93.4 Å². The molecule has 1 atom stereocenters. The zero-order valence-corrected chi connectivity index (χ0v) is 10.4. The second kappa shape index (κ2) is 5.01. The Morgan fingerprint density at radius 2 is 2.25 bits per heavy atom. The van der Waals surface area contributed by atoms with Crippen LogP contribution in [0.4, 0.5) is 14.0 Å². The van der Waals surface area contributed by atoms with Gasteiger partial charge in [0, 0.05) is 5.70 Å². The molecule has 20 heavy (non-hydrogen) atoms. The highest BCUT2D eigenvalue weighted by molar-refractivity contribution is 5.94. The number of amides is 3. The predicted octanol–water partition coefficient (Wildman–Crippen LogP) is 2.37. The molecule has 3 amide bonds. The van der Waals surface area contributed by atoms with Crippen LogP contribution in [0.5, 0.6) is 0 Å². The molecule has 0 saturated heterocycles. The average Bonchev–Trinajstić information content (AvgIpc) is 2.37. The van der Waals surface area contributed by atoms with E-state index < -0.39 is 24.0 Å². The van der Waals surface area contributed by atoms with Crippen molar-refractivity contribution in [2.45, 2.75) is 13.0 Å². The highest BCUT2D eigenvalue weighted by Crippen LogP contribution is 2.30. The Labute approximate surface area is 113 Å². The van der Waals surface area contributed by atoms with Gasteiger partial charge in [0.05, 0.1) is 17.7 Å². The smallest absolute Gasteiger partial charge is 0.419 e. The van der Waals surface area contributed by atoms with Crippen LogP contribution in [0.3, 0.4) is 0 Å². The van der Waals surface area contributed by atoms with Gasteiger partial charge in [-0.3, -0.25) is 0 Å². The van der Waals surface area contributed by atoms with Gasteiger partial charge in [-0.05, 0) is 24.6 Å². The Hall–Kier alpha value is -2.88. The molecule has 6 nitrogen and oxygen atoms in total. The van der Waals surface area contributed by atoms with Crippen LogP contribution >= 0.6 is 0 Å². The third-order valence-corrected chi connectivity index (χ3v) is 2.98. The maximum Gasteiger partial charge on any atom is 0.419 e. The van der Waals surface area contributed by atoms with Crippen LogP contribution < -0.4 is 5.32 Å². The van der Waals surface area contributed by atoms with Crippen molar-refractivity contribution in [2.24, 2.45) is 0 Å². The van der Waals surface area contributed by atoms with Crippen LogP contribution in [0.25, 0.3) is 0 Å². The summed E-state index contributed by atoms with van der Waals surface area (Å²) in [4.78, 5) is 23.2. The molecule has 2 N–H and O–H groups in total. The Balaban J connectivity index is 2.54. The fourth-order valence-electron chi connectivity index (χ4n) is 2.05. The number of nitriles is 1. The number of hydrogen-bond acceptors (Lipinski definition) is 3. The minimum absolute atomic E-state index is 0.0120. The number of rotatable bonds is 1. The monoisotopic (exact) mass is 275 g/mol. The maximum atomic E-state index is 13.2. The Kier molecular flexibility index (Phi) is 3.39. The summed E-state index contributed by atoms with van der Waals surface area (Å²) in [6.45, 7) is 1.36. The van der Waals surface area contributed by atoms with E-state index in [-0.39, 0.29) is 11.3 Å². The molecule has 0 aliphatic carbocycles. The average molecular weight is 275 g/mol. The molecule has 1 aliphatic heterocycles. The summed E-state index contributed by atoms with van der Waals surface area (Å²) in [5.41, 5.74) is 0.440. The van der Waals surface area contributed by atoms with Gasteiger partial charge in [0.2, 0.25) is 0 Å². The molecular formula is C13H10FN3O3. The summed E-state index contributed by atoms with van der Waals surface area (Å²) in [6.07, 6.45) is -1.48. The quantitative estimate of drug-likeness (QED) is 0.822. The van der Waals surface area contributed by atoms with E-state index in [1.54, 1.807) is 6.07 Å².